The number of aryl methyl sites for hydroxylation is 2. The first-order valence-corrected chi connectivity index (χ1v) is 10.3. The largest absolute Gasteiger partial charge is 0.395 e. The predicted molar refractivity (Wildman–Crippen MR) is 109 cm³/mol. The van der Waals surface area contributed by atoms with Crippen molar-refractivity contribution >= 4 is 33.2 Å². The number of nitrogens with zero attached hydrogens (tertiary/aromatic N) is 1. The summed E-state index contributed by atoms with van der Waals surface area (Å²) in [6, 6.07) is 11.3. The van der Waals surface area contributed by atoms with E-state index in [9.17, 15) is 18.0 Å². The Morgan fingerprint density at radius 1 is 1.03 bits per heavy atom. The topological polar surface area (TPSA) is 116 Å². The number of sulfonamides is 1. The number of rotatable bonds is 7. The summed E-state index contributed by atoms with van der Waals surface area (Å²) in [7, 11) is -3.78. The van der Waals surface area contributed by atoms with Crippen molar-refractivity contribution in [2.75, 3.05) is 23.2 Å². The molecule has 0 saturated carbocycles. The van der Waals surface area contributed by atoms with E-state index >= 15 is 0 Å². The Hall–Kier alpha value is -3.17. The van der Waals surface area contributed by atoms with Gasteiger partial charge in [0.15, 0.2) is 0 Å². The van der Waals surface area contributed by atoms with Gasteiger partial charge in [-0.15, -0.1) is 0 Å². The molecule has 29 heavy (non-hydrogen) atoms. The van der Waals surface area contributed by atoms with E-state index < -0.39 is 21.8 Å². The molecular weight excluding hydrogens is 394 g/mol. The molecule has 1 aliphatic heterocycles. The standard InChI is InChI=1S/C20H21N3O5S/c1-13-3-4-14(2)17(11-13)22-29(27,28)16-7-5-15(6-8-16)21-18-12-19(25)23(9-10-24)20(18)26/h3-8,11-12,21-22,24H,9-10H2,1-2H3. The maximum Gasteiger partial charge on any atom is 0.277 e. The maximum atomic E-state index is 12.7. The summed E-state index contributed by atoms with van der Waals surface area (Å²) in [5.41, 5.74) is 2.77. The van der Waals surface area contributed by atoms with E-state index in [-0.39, 0.29) is 23.7 Å². The third kappa shape index (κ3) is 4.47. The molecule has 0 fully saturated rings. The molecule has 0 aromatic heterocycles. The molecule has 152 valence electrons. The highest BCUT2D eigenvalue weighted by Crippen LogP contribution is 2.23. The second-order valence-corrected chi connectivity index (χ2v) is 8.33. The second kappa shape index (κ2) is 8.06. The molecule has 0 aliphatic carbocycles. The number of amides is 2. The number of β-amino-alcohol motifs (C(OH)–C–C–N with tert-alkyl or cyclic N) is 1. The van der Waals surface area contributed by atoms with E-state index in [0.717, 1.165) is 22.1 Å². The molecule has 1 heterocycles. The number of imide groups is 1. The number of carbonyl (C=O) groups is 2. The average molecular weight is 415 g/mol. The molecule has 2 aromatic rings. The number of nitrogens with one attached hydrogen (secondary N) is 2. The van der Waals surface area contributed by atoms with E-state index in [1.165, 1.54) is 24.3 Å². The molecular formula is C20H21N3O5S. The van der Waals surface area contributed by atoms with Crippen LogP contribution >= 0.6 is 0 Å². The lowest BCUT2D eigenvalue weighted by molar-refractivity contribution is -0.137. The molecule has 2 amide bonds. The van der Waals surface area contributed by atoms with Gasteiger partial charge in [-0.2, -0.15) is 0 Å². The first-order chi connectivity index (χ1) is 13.7. The van der Waals surface area contributed by atoms with Crippen LogP contribution < -0.4 is 10.0 Å². The summed E-state index contributed by atoms with van der Waals surface area (Å²) < 4.78 is 27.9. The Bertz CT molecular complexity index is 1090. The molecule has 3 rings (SSSR count). The summed E-state index contributed by atoms with van der Waals surface area (Å²) in [5.74, 6) is -1.05. The van der Waals surface area contributed by atoms with Gasteiger partial charge < -0.3 is 10.4 Å². The van der Waals surface area contributed by atoms with Gasteiger partial charge in [-0.05, 0) is 55.3 Å². The van der Waals surface area contributed by atoms with Crippen LogP contribution in [0.4, 0.5) is 11.4 Å². The number of carbonyl (C=O) groups excluding carboxylic acids is 2. The Kier molecular flexibility index (Phi) is 5.71. The predicted octanol–water partition coefficient (Wildman–Crippen LogP) is 1.76. The van der Waals surface area contributed by atoms with Gasteiger partial charge in [-0.25, -0.2) is 8.42 Å². The van der Waals surface area contributed by atoms with Gasteiger partial charge in [-0.1, -0.05) is 12.1 Å². The highest BCUT2D eigenvalue weighted by Gasteiger charge is 2.30. The summed E-state index contributed by atoms with van der Waals surface area (Å²) in [6.45, 7) is 3.29. The zero-order valence-electron chi connectivity index (χ0n) is 16.0. The molecule has 8 nitrogen and oxygen atoms in total. The van der Waals surface area contributed by atoms with Gasteiger partial charge in [0.25, 0.3) is 21.8 Å². The minimum Gasteiger partial charge on any atom is -0.395 e. The van der Waals surface area contributed by atoms with Crippen molar-refractivity contribution in [1.29, 1.82) is 0 Å². The van der Waals surface area contributed by atoms with Crippen molar-refractivity contribution in [3.63, 3.8) is 0 Å². The van der Waals surface area contributed by atoms with Gasteiger partial charge in [0, 0.05) is 11.8 Å². The zero-order valence-corrected chi connectivity index (χ0v) is 16.8. The Morgan fingerprint density at radius 2 is 1.72 bits per heavy atom. The number of anilines is 2. The van der Waals surface area contributed by atoms with Crippen LogP contribution in [-0.2, 0) is 19.6 Å². The first-order valence-electron chi connectivity index (χ1n) is 8.87. The van der Waals surface area contributed by atoms with Crippen LogP contribution in [0, 0.1) is 13.8 Å². The molecule has 2 aromatic carbocycles. The average Bonchev–Trinajstić information content (AvgIpc) is 2.93. The number of hydrogen-bond acceptors (Lipinski definition) is 6. The molecule has 0 unspecified atom stereocenters. The van der Waals surface area contributed by atoms with Crippen LogP contribution in [-0.4, -0.2) is 43.4 Å². The minimum atomic E-state index is -3.78. The molecule has 3 N–H and O–H groups in total. The van der Waals surface area contributed by atoms with Crippen LogP contribution in [0.5, 0.6) is 0 Å². The first kappa shape index (κ1) is 20.6. The summed E-state index contributed by atoms with van der Waals surface area (Å²) in [6.07, 6.45) is 1.14. The van der Waals surface area contributed by atoms with Crippen molar-refractivity contribution in [3.8, 4) is 0 Å². The molecule has 9 heteroatoms. The van der Waals surface area contributed by atoms with Gasteiger partial charge >= 0.3 is 0 Å². The molecule has 1 aliphatic rings. The van der Waals surface area contributed by atoms with Crippen molar-refractivity contribution in [2.45, 2.75) is 18.7 Å². The third-order valence-corrected chi connectivity index (χ3v) is 5.80. The van der Waals surface area contributed by atoms with Crippen LogP contribution in [0.3, 0.4) is 0 Å². The van der Waals surface area contributed by atoms with Crippen LogP contribution in [0.25, 0.3) is 0 Å². The molecule has 0 spiro atoms. The highest BCUT2D eigenvalue weighted by molar-refractivity contribution is 7.92. The third-order valence-electron chi connectivity index (χ3n) is 4.41. The highest BCUT2D eigenvalue weighted by atomic mass is 32.2. The summed E-state index contributed by atoms with van der Waals surface area (Å²) in [5, 5.41) is 11.7. The van der Waals surface area contributed by atoms with E-state index in [0.29, 0.717) is 11.4 Å². The van der Waals surface area contributed by atoms with E-state index in [4.69, 9.17) is 5.11 Å². The summed E-state index contributed by atoms with van der Waals surface area (Å²) >= 11 is 0. The van der Waals surface area contributed by atoms with Gasteiger partial charge in [0.05, 0.1) is 23.7 Å². The molecule has 0 saturated heterocycles. The van der Waals surface area contributed by atoms with E-state index in [1.54, 1.807) is 6.07 Å². The molecule has 0 radical (unpaired) electrons. The van der Waals surface area contributed by atoms with Gasteiger partial charge in [0.1, 0.15) is 5.70 Å². The quantitative estimate of drug-likeness (QED) is 0.594. The fraction of sp³-hybridized carbons (Fsp3) is 0.200. The Balaban J connectivity index is 1.75. The molecule has 0 atom stereocenters. The second-order valence-electron chi connectivity index (χ2n) is 6.65. The number of aliphatic hydroxyl groups is 1. The van der Waals surface area contributed by atoms with Crippen molar-refractivity contribution in [1.82, 2.24) is 4.90 Å². The van der Waals surface area contributed by atoms with Crippen LogP contribution in [0.2, 0.25) is 0 Å². The summed E-state index contributed by atoms with van der Waals surface area (Å²) in [4.78, 5) is 24.9. The minimum absolute atomic E-state index is 0.0626. The normalized spacial score (nSPS) is 14.2. The SMILES string of the molecule is Cc1ccc(C)c(NS(=O)(=O)c2ccc(NC3=CC(=O)N(CCO)C3=O)cc2)c1. The Labute approximate surface area is 168 Å². The fourth-order valence-electron chi connectivity index (χ4n) is 2.83. The Morgan fingerprint density at radius 3 is 2.38 bits per heavy atom. The van der Waals surface area contributed by atoms with E-state index in [2.05, 4.69) is 10.0 Å². The van der Waals surface area contributed by atoms with Crippen molar-refractivity contribution in [3.05, 3.63) is 65.4 Å². The van der Waals surface area contributed by atoms with Crippen molar-refractivity contribution in [2.24, 2.45) is 0 Å². The monoisotopic (exact) mass is 415 g/mol. The zero-order chi connectivity index (χ0) is 21.2. The lowest BCUT2D eigenvalue weighted by Gasteiger charge is -2.14. The number of aliphatic hydroxyl groups excluding tert-OH is 1. The van der Waals surface area contributed by atoms with E-state index in [1.807, 2.05) is 26.0 Å². The number of hydrogen-bond donors (Lipinski definition) is 3. The van der Waals surface area contributed by atoms with Crippen LogP contribution in [0.15, 0.2) is 59.1 Å². The lowest BCUT2D eigenvalue weighted by atomic mass is 10.1. The maximum absolute atomic E-state index is 12.7. The smallest absolute Gasteiger partial charge is 0.277 e. The van der Waals surface area contributed by atoms with Crippen LogP contribution in [0.1, 0.15) is 11.1 Å². The van der Waals surface area contributed by atoms with Gasteiger partial charge in [-0.3, -0.25) is 19.2 Å². The fourth-order valence-corrected chi connectivity index (χ4v) is 3.95. The molecule has 0 bridgehead atoms. The van der Waals surface area contributed by atoms with Gasteiger partial charge in [0.2, 0.25) is 0 Å². The lowest BCUT2D eigenvalue weighted by Crippen LogP contribution is -2.34. The van der Waals surface area contributed by atoms with Crippen molar-refractivity contribution < 1.29 is 23.1 Å². The number of benzene rings is 2.